The molecule has 2 heterocycles. The Morgan fingerprint density at radius 2 is 1.97 bits per heavy atom. The fraction of sp³-hybridized carbons (Fsp3) is 0.318. The number of para-hydroxylation sites is 1. The second-order valence-corrected chi connectivity index (χ2v) is 8.13. The van der Waals surface area contributed by atoms with Crippen LogP contribution in [0.15, 0.2) is 53.7 Å². The molecule has 0 spiro atoms. The molecular weight excluding hydrogens is 422 g/mol. The van der Waals surface area contributed by atoms with Crippen molar-refractivity contribution in [2.75, 3.05) is 18.9 Å². The number of halogens is 2. The second-order valence-electron chi connectivity index (χ2n) is 7.14. The average molecular weight is 445 g/mol. The fourth-order valence-electron chi connectivity index (χ4n) is 3.37. The van der Waals surface area contributed by atoms with Gasteiger partial charge in [-0.05, 0) is 49.2 Å². The predicted molar refractivity (Wildman–Crippen MR) is 113 cm³/mol. The number of amides is 1. The van der Waals surface area contributed by atoms with E-state index in [2.05, 4.69) is 15.5 Å². The number of thioether (sulfide) groups is 1. The zero-order chi connectivity index (χ0) is 21.6. The minimum atomic E-state index is -0.400. The minimum Gasteiger partial charge on any atom is -0.377 e. The van der Waals surface area contributed by atoms with E-state index in [1.54, 1.807) is 22.8 Å². The van der Waals surface area contributed by atoms with Gasteiger partial charge in [-0.15, -0.1) is 10.2 Å². The van der Waals surface area contributed by atoms with Gasteiger partial charge in [0.05, 0.1) is 11.8 Å². The third-order valence-electron chi connectivity index (χ3n) is 4.96. The van der Waals surface area contributed by atoms with Crippen LogP contribution in [0, 0.1) is 11.6 Å². The van der Waals surface area contributed by atoms with E-state index in [1.807, 2.05) is 0 Å². The van der Waals surface area contributed by atoms with Crippen molar-refractivity contribution < 1.29 is 18.3 Å². The molecule has 31 heavy (non-hydrogen) atoms. The highest BCUT2D eigenvalue weighted by atomic mass is 32.2. The number of hydrogen-bond acceptors (Lipinski definition) is 5. The first-order chi connectivity index (χ1) is 15.1. The van der Waals surface area contributed by atoms with Crippen LogP contribution >= 0.6 is 11.8 Å². The van der Waals surface area contributed by atoms with E-state index in [9.17, 15) is 13.6 Å². The lowest BCUT2D eigenvalue weighted by atomic mass is 10.2. The van der Waals surface area contributed by atoms with E-state index in [4.69, 9.17) is 4.74 Å². The Hall–Kier alpha value is -2.78. The number of aromatic nitrogens is 3. The second kappa shape index (κ2) is 10.0. The van der Waals surface area contributed by atoms with Crippen molar-refractivity contribution in [2.24, 2.45) is 0 Å². The van der Waals surface area contributed by atoms with E-state index >= 15 is 0 Å². The van der Waals surface area contributed by atoms with E-state index in [-0.39, 0.29) is 24.4 Å². The van der Waals surface area contributed by atoms with Gasteiger partial charge in [-0.25, -0.2) is 8.78 Å². The molecule has 4 rings (SSSR count). The van der Waals surface area contributed by atoms with Crippen LogP contribution in [-0.4, -0.2) is 45.7 Å². The summed E-state index contributed by atoms with van der Waals surface area (Å²) in [6.07, 6.45) is 2.57. The van der Waals surface area contributed by atoms with Gasteiger partial charge in [0.15, 0.2) is 5.16 Å². The van der Waals surface area contributed by atoms with Crippen LogP contribution in [0.3, 0.4) is 0 Å². The highest BCUT2D eigenvalue weighted by Gasteiger charge is 2.21. The molecule has 1 unspecified atom stereocenters. The Kier molecular flexibility index (Phi) is 6.93. The average Bonchev–Trinajstić information content (AvgIpc) is 3.43. The summed E-state index contributed by atoms with van der Waals surface area (Å²) in [5.74, 6) is 0.165. The number of hydrogen-bond donors (Lipinski definition) is 1. The maximum absolute atomic E-state index is 14.5. The first-order valence-corrected chi connectivity index (χ1v) is 11.1. The van der Waals surface area contributed by atoms with Crippen LogP contribution in [0.4, 0.5) is 8.78 Å². The van der Waals surface area contributed by atoms with Gasteiger partial charge in [0.25, 0.3) is 5.91 Å². The van der Waals surface area contributed by atoms with Crippen LogP contribution in [0.1, 0.15) is 29.0 Å². The van der Waals surface area contributed by atoms with Crippen molar-refractivity contribution >= 4 is 17.7 Å². The van der Waals surface area contributed by atoms with Crippen molar-refractivity contribution in [3.05, 3.63) is 71.6 Å². The molecule has 9 heteroatoms. The quantitative estimate of drug-likeness (QED) is 0.536. The van der Waals surface area contributed by atoms with E-state index < -0.39 is 5.82 Å². The number of benzene rings is 2. The predicted octanol–water partition coefficient (Wildman–Crippen LogP) is 3.79. The lowest BCUT2D eigenvalue weighted by molar-refractivity contribution is 0.0954. The Morgan fingerprint density at radius 3 is 2.71 bits per heavy atom. The lowest BCUT2D eigenvalue weighted by Gasteiger charge is -2.13. The summed E-state index contributed by atoms with van der Waals surface area (Å²) >= 11 is 1.48. The molecule has 0 aliphatic carbocycles. The molecule has 1 fully saturated rings. The summed E-state index contributed by atoms with van der Waals surface area (Å²) in [6.45, 7) is 1.05. The highest BCUT2D eigenvalue weighted by molar-refractivity contribution is 7.99. The molecule has 1 aliphatic heterocycles. The number of ether oxygens (including phenoxy) is 1. The summed E-state index contributed by atoms with van der Waals surface area (Å²) in [5, 5.41) is 11.9. The molecule has 0 radical (unpaired) electrons. The zero-order valence-electron chi connectivity index (χ0n) is 16.8. The maximum atomic E-state index is 14.5. The lowest BCUT2D eigenvalue weighted by Crippen LogP contribution is -2.26. The van der Waals surface area contributed by atoms with Gasteiger partial charge in [-0.2, -0.15) is 0 Å². The summed E-state index contributed by atoms with van der Waals surface area (Å²) < 4.78 is 34.9. The van der Waals surface area contributed by atoms with Gasteiger partial charge in [0.2, 0.25) is 0 Å². The topological polar surface area (TPSA) is 69.0 Å². The van der Waals surface area contributed by atoms with Gasteiger partial charge in [0, 0.05) is 30.9 Å². The van der Waals surface area contributed by atoms with E-state index in [1.165, 1.54) is 42.1 Å². The number of carbonyl (C=O) groups excluding carboxylic acids is 1. The van der Waals surface area contributed by atoms with Crippen LogP contribution in [0.2, 0.25) is 0 Å². The summed E-state index contributed by atoms with van der Waals surface area (Å²) in [5.41, 5.74) is 0.729. The largest absolute Gasteiger partial charge is 0.377 e. The van der Waals surface area contributed by atoms with Gasteiger partial charge >= 0.3 is 0 Å². The van der Waals surface area contributed by atoms with Crippen LogP contribution in [0.5, 0.6) is 0 Å². The van der Waals surface area contributed by atoms with Gasteiger partial charge in [-0.3, -0.25) is 9.36 Å². The van der Waals surface area contributed by atoms with Crippen molar-refractivity contribution in [3.63, 3.8) is 0 Å². The van der Waals surface area contributed by atoms with Crippen LogP contribution in [-0.2, 0) is 11.2 Å². The Labute approximate surface area is 183 Å². The third-order valence-corrected chi connectivity index (χ3v) is 6.02. The molecule has 1 atom stereocenters. The molecule has 1 amide bonds. The van der Waals surface area contributed by atoms with E-state index in [0.717, 1.165) is 19.4 Å². The van der Waals surface area contributed by atoms with Gasteiger partial charge < -0.3 is 10.1 Å². The SMILES string of the molecule is O=C(NCCc1nnc(SCC2CCCO2)n1-c1ccccc1F)c1ccc(F)cc1. The fourth-order valence-corrected chi connectivity index (χ4v) is 4.39. The number of nitrogens with one attached hydrogen (secondary N) is 1. The molecule has 1 aromatic heterocycles. The molecule has 3 aromatic rings. The highest BCUT2D eigenvalue weighted by Crippen LogP contribution is 2.27. The molecule has 1 saturated heterocycles. The van der Waals surface area contributed by atoms with Gasteiger partial charge in [0.1, 0.15) is 17.5 Å². The van der Waals surface area contributed by atoms with Crippen molar-refractivity contribution in [2.45, 2.75) is 30.5 Å². The first-order valence-electron chi connectivity index (χ1n) is 10.1. The molecule has 0 bridgehead atoms. The van der Waals surface area contributed by atoms with Crippen molar-refractivity contribution in [3.8, 4) is 5.69 Å². The Morgan fingerprint density at radius 1 is 1.16 bits per heavy atom. The molecular formula is C22H22F2N4O2S. The van der Waals surface area contributed by atoms with Gasteiger partial charge in [-0.1, -0.05) is 23.9 Å². The van der Waals surface area contributed by atoms with Crippen molar-refractivity contribution in [1.29, 1.82) is 0 Å². The molecule has 0 saturated carbocycles. The maximum Gasteiger partial charge on any atom is 0.251 e. The zero-order valence-corrected chi connectivity index (χ0v) is 17.6. The Balaban J connectivity index is 1.47. The number of carbonyl (C=O) groups is 1. The Bertz CT molecular complexity index is 1040. The first kappa shape index (κ1) is 21.5. The molecule has 6 nitrogen and oxygen atoms in total. The van der Waals surface area contributed by atoms with Crippen LogP contribution in [0.25, 0.3) is 5.69 Å². The summed E-state index contributed by atoms with van der Waals surface area (Å²) in [7, 11) is 0. The van der Waals surface area contributed by atoms with E-state index in [0.29, 0.717) is 34.4 Å². The number of nitrogens with zero attached hydrogens (tertiary/aromatic N) is 3. The standard InChI is InChI=1S/C22H22F2N4O2S/c23-16-9-7-15(8-10-16)21(29)25-12-11-20-26-27-22(31-14-17-4-3-13-30-17)28(20)19-6-2-1-5-18(19)24/h1-2,5-10,17H,3-4,11-14H2,(H,25,29). The monoisotopic (exact) mass is 444 g/mol. The van der Waals surface area contributed by atoms with Crippen LogP contribution < -0.4 is 5.32 Å². The summed E-state index contributed by atoms with van der Waals surface area (Å²) in [6, 6.07) is 11.8. The molecule has 1 N–H and O–H groups in total. The molecule has 2 aromatic carbocycles. The molecule has 1 aliphatic rings. The normalized spacial score (nSPS) is 15.9. The third kappa shape index (κ3) is 5.29. The van der Waals surface area contributed by atoms with Crippen molar-refractivity contribution in [1.82, 2.24) is 20.1 Å². The summed E-state index contributed by atoms with van der Waals surface area (Å²) in [4.78, 5) is 12.3. The number of rotatable bonds is 8. The smallest absolute Gasteiger partial charge is 0.251 e. The molecule has 162 valence electrons. The minimum absolute atomic E-state index is 0.161.